The van der Waals surface area contributed by atoms with E-state index in [0.717, 1.165) is 21.1 Å². The minimum Gasteiger partial charge on any atom is -0.337 e. The van der Waals surface area contributed by atoms with Crippen molar-refractivity contribution in [3.8, 4) is 0 Å². The van der Waals surface area contributed by atoms with E-state index in [9.17, 15) is 13.6 Å². The van der Waals surface area contributed by atoms with Crippen LogP contribution in [0, 0.1) is 11.6 Å². The molecule has 6 heteroatoms. The Morgan fingerprint density at radius 2 is 1.67 bits per heavy atom. The summed E-state index contributed by atoms with van der Waals surface area (Å²) in [5.41, 5.74) is 1.03. The van der Waals surface area contributed by atoms with Crippen molar-refractivity contribution in [1.29, 1.82) is 0 Å². The van der Waals surface area contributed by atoms with E-state index in [1.807, 2.05) is 6.07 Å². The normalized spacial score (nSPS) is 10.5. The van der Waals surface area contributed by atoms with Crippen LogP contribution in [-0.4, -0.2) is 17.9 Å². The Kier molecular flexibility index (Phi) is 5.11. The fraction of sp³-hybridized carbons (Fsp3) is 0.133. The molecule has 0 fully saturated rings. The SMILES string of the molecule is CN(Cc1ccc(F)c(F)c1)C(=O)c1cc(Br)cc(Br)c1. The second kappa shape index (κ2) is 6.66. The van der Waals surface area contributed by atoms with Crippen LogP contribution < -0.4 is 0 Å². The molecule has 0 radical (unpaired) electrons. The Hall–Kier alpha value is -1.27. The summed E-state index contributed by atoms with van der Waals surface area (Å²) >= 11 is 6.65. The van der Waals surface area contributed by atoms with Crippen LogP contribution in [0.1, 0.15) is 15.9 Å². The minimum atomic E-state index is -0.918. The smallest absolute Gasteiger partial charge is 0.253 e. The van der Waals surface area contributed by atoms with Gasteiger partial charge >= 0.3 is 0 Å². The van der Waals surface area contributed by atoms with Crippen molar-refractivity contribution in [1.82, 2.24) is 4.90 Å². The molecule has 0 heterocycles. The van der Waals surface area contributed by atoms with Gasteiger partial charge in [-0.15, -0.1) is 0 Å². The van der Waals surface area contributed by atoms with Gasteiger partial charge in [0.25, 0.3) is 5.91 Å². The summed E-state index contributed by atoms with van der Waals surface area (Å²) in [5, 5.41) is 0. The van der Waals surface area contributed by atoms with E-state index in [1.165, 1.54) is 11.0 Å². The third-order valence-corrected chi connectivity index (χ3v) is 3.78. The van der Waals surface area contributed by atoms with E-state index in [0.29, 0.717) is 11.1 Å². The molecule has 0 aliphatic rings. The van der Waals surface area contributed by atoms with Gasteiger partial charge in [0.1, 0.15) is 0 Å². The van der Waals surface area contributed by atoms with Gasteiger partial charge in [0.15, 0.2) is 11.6 Å². The molecule has 0 atom stereocenters. The quantitative estimate of drug-likeness (QED) is 0.703. The maximum absolute atomic E-state index is 13.2. The summed E-state index contributed by atoms with van der Waals surface area (Å²) in [5.74, 6) is -2.02. The number of halogens is 4. The molecule has 0 aliphatic heterocycles. The summed E-state index contributed by atoms with van der Waals surface area (Å²) in [7, 11) is 1.61. The number of rotatable bonds is 3. The molecule has 1 amide bonds. The van der Waals surface area contributed by atoms with Crippen LogP contribution in [0.5, 0.6) is 0 Å². The molecule has 110 valence electrons. The molecule has 2 aromatic rings. The van der Waals surface area contributed by atoms with E-state index < -0.39 is 11.6 Å². The van der Waals surface area contributed by atoms with E-state index in [4.69, 9.17) is 0 Å². The third-order valence-electron chi connectivity index (χ3n) is 2.86. The highest BCUT2D eigenvalue weighted by atomic mass is 79.9. The van der Waals surface area contributed by atoms with Gasteiger partial charge in [0, 0.05) is 28.1 Å². The second-order valence-electron chi connectivity index (χ2n) is 4.57. The molecule has 2 nitrogen and oxygen atoms in total. The summed E-state index contributed by atoms with van der Waals surface area (Å²) in [6.45, 7) is 0.195. The first-order valence-electron chi connectivity index (χ1n) is 6.02. The van der Waals surface area contributed by atoms with Crippen LogP contribution >= 0.6 is 31.9 Å². The van der Waals surface area contributed by atoms with E-state index in [-0.39, 0.29) is 12.5 Å². The van der Waals surface area contributed by atoms with Crippen LogP contribution in [-0.2, 0) is 6.54 Å². The van der Waals surface area contributed by atoms with Crippen LogP contribution in [0.3, 0.4) is 0 Å². The molecule has 0 saturated heterocycles. The van der Waals surface area contributed by atoms with Crippen molar-refractivity contribution in [3.05, 3.63) is 68.1 Å². The van der Waals surface area contributed by atoms with E-state index >= 15 is 0 Å². The van der Waals surface area contributed by atoms with Gasteiger partial charge in [-0.1, -0.05) is 37.9 Å². The lowest BCUT2D eigenvalue weighted by Gasteiger charge is -2.18. The highest BCUT2D eigenvalue weighted by Crippen LogP contribution is 2.21. The molecule has 0 saturated carbocycles. The lowest BCUT2D eigenvalue weighted by Crippen LogP contribution is -2.26. The molecule has 0 spiro atoms. The third kappa shape index (κ3) is 4.11. The van der Waals surface area contributed by atoms with E-state index in [2.05, 4.69) is 31.9 Å². The molecule has 0 aliphatic carbocycles. The number of hydrogen-bond donors (Lipinski definition) is 0. The molecular weight excluding hydrogens is 408 g/mol. The Morgan fingerprint density at radius 3 is 2.24 bits per heavy atom. The average Bonchev–Trinajstić information content (AvgIpc) is 2.41. The first-order valence-corrected chi connectivity index (χ1v) is 7.61. The van der Waals surface area contributed by atoms with Crippen molar-refractivity contribution in [3.63, 3.8) is 0 Å². The Labute approximate surface area is 138 Å². The molecule has 2 rings (SSSR count). The lowest BCUT2D eigenvalue weighted by atomic mass is 10.1. The molecule has 0 unspecified atom stereocenters. The molecule has 0 aromatic heterocycles. The maximum atomic E-state index is 13.2. The number of carbonyl (C=O) groups excluding carboxylic acids is 1. The zero-order valence-electron chi connectivity index (χ0n) is 11.0. The van der Waals surface area contributed by atoms with Crippen LogP contribution in [0.15, 0.2) is 45.3 Å². The maximum Gasteiger partial charge on any atom is 0.253 e. The van der Waals surface area contributed by atoms with Crippen molar-refractivity contribution in [2.24, 2.45) is 0 Å². The van der Waals surface area contributed by atoms with Crippen molar-refractivity contribution < 1.29 is 13.6 Å². The topological polar surface area (TPSA) is 20.3 Å². The van der Waals surface area contributed by atoms with Crippen molar-refractivity contribution >= 4 is 37.8 Å². The first kappa shape index (κ1) is 16.1. The fourth-order valence-electron chi connectivity index (χ4n) is 1.88. The number of hydrogen-bond acceptors (Lipinski definition) is 1. The van der Waals surface area contributed by atoms with Crippen molar-refractivity contribution in [2.45, 2.75) is 6.54 Å². The van der Waals surface area contributed by atoms with Crippen LogP contribution in [0.25, 0.3) is 0 Å². The molecule has 2 aromatic carbocycles. The highest BCUT2D eigenvalue weighted by molar-refractivity contribution is 9.11. The highest BCUT2D eigenvalue weighted by Gasteiger charge is 2.14. The Balaban J connectivity index is 2.17. The van der Waals surface area contributed by atoms with Gasteiger partial charge in [0.05, 0.1) is 0 Å². The summed E-state index contributed by atoms with van der Waals surface area (Å²) in [6, 6.07) is 8.84. The largest absolute Gasteiger partial charge is 0.337 e. The predicted molar refractivity (Wildman–Crippen MR) is 84.0 cm³/mol. The average molecular weight is 419 g/mol. The second-order valence-corrected chi connectivity index (χ2v) is 6.40. The van der Waals surface area contributed by atoms with Crippen LogP contribution in [0.4, 0.5) is 8.78 Å². The zero-order chi connectivity index (χ0) is 15.6. The lowest BCUT2D eigenvalue weighted by molar-refractivity contribution is 0.0785. The summed E-state index contributed by atoms with van der Waals surface area (Å²) in [6.07, 6.45) is 0. The van der Waals surface area contributed by atoms with Crippen molar-refractivity contribution in [2.75, 3.05) is 7.05 Å². The molecular formula is C15H11Br2F2NO. The van der Waals surface area contributed by atoms with E-state index in [1.54, 1.807) is 19.2 Å². The van der Waals surface area contributed by atoms with Gasteiger partial charge in [-0.05, 0) is 35.9 Å². The zero-order valence-corrected chi connectivity index (χ0v) is 14.2. The predicted octanol–water partition coefficient (Wildman–Crippen LogP) is 4.76. The first-order chi connectivity index (χ1) is 9.86. The van der Waals surface area contributed by atoms with Gasteiger partial charge in [-0.3, -0.25) is 4.79 Å². The van der Waals surface area contributed by atoms with Crippen LogP contribution in [0.2, 0.25) is 0 Å². The Bertz CT molecular complexity index is 671. The van der Waals surface area contributed by atoms with Gasteiger partial charge in [-0.25, -0.2) is 8.78 Å². The molecule has 0 bridgehead atoms. The van der Waals surface area contributed by atoms with Gasteiger partial charge < -0.3 is 4.90 Å². The summed E-state index contributed by atoms with van der Waals surface area (Å²) < 4.78 is 27.6. The Morgan fingerprint density at radius 1 is 1.05 bits per heavy atom. The molecule has 21 heavy (non-hydrogen) atoms. The summed E-state index contributed by atoms with van der Waals surface area (Å²) in [4.78, 5) is 13.8. The van der Waals surface area contributed by atoms with Gasteiger partial charge in [0.2, 0.25) is 0 Å². The fourth-order valence-corrected chi connectivity index (χ4v) is 3.18. The number of carbonyl (C=O) groups is 1. The standard InChI is InChI=1S/C15H11Br2F2NO/c1-20(8-9-2-3-13(18)14(19)4-9)15(21)10-5-11(16)7-12(17)6-10/h2-7H,8H2,1H3. The number of amides is 1. The number of benzene rings is 2. The van der Waals surface area contributed by atoms with Gasteiger partial charge in [-0.2, -0.15) is 0 Å². The minimum absolute atomic E-state index is 0.195. The number of nitrogens with zero attached hydrogens (tertiary/aromatic N) is 1. The monoisotopic (exact) mass is 417 g/mol. The molecule has 0 N–H and O–H groups in total.